The molecule has 0 aromatic rings. The summed E-state index contributed by atoms with van der Waals surface area (Å²) in [5, 5.41) is 10.3. The Balaban J connectivity index is 4.85. The summed E-state index contributed by atoms with van der Waals surface area (Å²) in [6.45, 7) is 8.75. The van der Waals surface area contributed by atoms with Gasteiger partial charge in [0.05, 0.1) is 57.4 Å². The summed E-state index contributed by atoms with van der Waals surface area (Å²) in [6, 6.07) is 0. The van der Waals surface area contributed by atoms with Gasteiger partial charge in [0, 0.05) is 39.8 Å². The molecule has 0 saturated heterocycles. The van der Waals surface area contributed by atoms with Crippen LogP contribution in [0.3, 0.4) is 0 Å². The van der Waals surface area contributed by atoms with E-state index >= 15 is 0 Å². The molecular formula is C27H47N9O9. The van der Waals surface area contributed by atoms with Crippen molar-refractivity contribution in [3.63, 3.8) is 0 Å². The normalized spacial score (nSPS) is 13.9. The molecule has 0 saturated carbocycles. The second-order valence-electron chi connectivity index (χ2n) is 10.4. The molecule has 0 bridgehead atoms. The lowest BCUT2D eigenvalue weighted by atomic mass is 9.88. The predicted molar refractivity (Wildman–Crippen MR) is 161 cm³/mol. The van der Waals surface area contributed by atoms with Gasteiger partial charge in [-0.1, -0.05) is 43.0 Å². The van der Waals surface area contributed by atoms with Crippen LogP contribution >= 0.6 is 0 Å². The summed E-state index contributed by atoms with van der Waals surface area (Å²) < 4.78 is 33.2. The van der Waals surface area contributed by atoms with E-state index in [2.05, 4.69) is 30.1 Å². The molecular weight excluding hydrogens is 594 g/mol. The van der Waals surface area contributed by atoms with Crippen molar-refractivity contribution in [3.05, 3.63) is 31.3 Å². The summed E-state index contributed by atoms with van der Waals surface area (Å²) in [4.78, 5) is 44.3. The molecule has 0 aliphatic heterocycles. The van der Waals surface area contributed by atoms with Crippen molar-refractivity contribution in [1.29, 1.82) is 0 Å². The van der Waals surface area contributed by atoms with Gasteiger partial charge >= 0.3 is 17.9 Å². The maximum Gasteiger partial charge on any atom is 0.308 e. The summed E-state index contributed by atoms with van der Waals surface area (Å²) in [5.41, 5.74) is 24.5. The molecule has 0 spiro atoms. The lowest BCUT2D eigenvalue weighted by Gasteiger charge is -2.32. The number of carbonyl (C=O) groups is 3. The van der Waals surface area contributed by atoms with E-state index in [1.165, 1.54) is 0 Å². The van der Waals surface area contributed by atoms with E-state index in [0.29, 0.717) is 25.7 Å². The first-order chi connectivity index (χ1) is 21.7. The Bertz CT molecular complexity index is 892. The van der Waals surface area contributed by atoms with Gasteiger partial charge in [0.2, 0.25) is 0 Å². The highest BCUT2D eigenvalue weighted by Gasteiger charge is 2.30. The highest BCUT2D eigenvalue weighted by atomic mass is 16.6. The zero-order valence-electron chi connectivity index (χ0n) is 26.7. The van der Waals surface area contributed by atoms with Gasteiger partial charge in [-0.2, -0.15) is 0 Å². The van der Waals surface area contributed by atoms with Crippen LogP contribution < -0.4 is 0 Å². The highest BCUT2D eigenvalue weighted by Crippen LogP contribution is 2.24. The SMILES string of the molecule is CCC(COCCOC(=O)C(C)CCN=[N+]=[N-])(COCCOC(=O)C(C)CCN=[N+]=[N-])COCCOC(=O)C(C)CCN=[N+]=[N-]. The van der Waals surface area contributed by atoms with Crippen molar-refractivity contribution in [1.82, 2.24) is 0 Å². The van der Waals surface area contributed by atoms with E-state index in [9.17, 15) is 14.4 Å². The molecule has 0 fully saturated rings. The van der Waals surface area contributed by atoms with Crippen LogP contribution in [0.2, 0.25) is 0 Å². The van der Waals surface area contributed by atoms with Gasteiger partial charge in [-0.05, 0) is 42.3 Å². The fourth-order valence-corrected chi connectivity index (χ4v) is 3.57. The van der Waals surface area contributed by atoms with Crippen molar-refractivity contribution in [2.24, 2.45) is 38.5 Å². The molecule has 0 aliphatic carbocycles. The van der Waals surface area contributed by atoms with Crippen molar-refractivity contribution < 1.29 is 42.8 Å². The Morgan fingerprint density at radius 2 is 0.867 bits per heavy atom. The fourth-order valence-electron chi connectivity index (χ4n) is 3.57. The number of hydrogen-bond acceptors (Lipinski definition) is 12. The number of ether oxygens (including phenoxy) is 6. The minimum absolute atomic E-state index is 0.0355. The summed E-state index contributed by atoms with van der Waals surface area (Å²) in [6.07, 6.45) is 1.73. The Morgan fingerprint density at radius 1 is 0.578 bits per heavy atom. The van der Waals surface area contributed by atoms with E-state index in [1.54, 1.807) is 20.8 Å². The maximum atomic E-state index is 12.1. The van der Waals surface area contributed by atoms with Crippen LogP contribution in [0.4, 0.5) is 0 Å². The van der Waals surface area contributed by atoms with Crippen LogP contribution in [-0.2, 0) is 42.8 Å². The van der Waals surface area contributed by atoms with Crippen LogP contribution in [0, 0.1) is 23.2 Å². The Labute approximate surface area is 263 Å². The van der Waals surface area contributed by atoms with Gasteiger partial charge < -0.3 is 28.4 Å². The number of rotatable bonds is 28. The Hall–Kier alpha value is -3.78. The van der Waals surface area contributed by atoms with Crippen molar-refractivity contribution >= 4 is 17.9 Å². The zero-order valence-corrected chi connectivity index (χ0v) is 26.7. The maximum absolute atomic E-state index is 12.1. The number of nitrogens with zero attached hydrogens (tertiary/aromatic N) is 9. The molecule has 45 heavy (non-hydrogen) atoms. The second-order valence-corrected chi connectivity index (χ2v) is 10.4. The van der Waals surface area contributed by atoms with Gasteiger partial charge in [-0.3, -0.25) is 14.4 Å². The van der Waals surface area contributed by atoms with Crippen LogP contribution in [0.5, 0.6) is 0 Å². The lowest BCUT2D eigenvalue weighted by Crippen LogP contribution is -2.38. The van der Waals surface area contributed by atoms with E-state index in [4.69, 9.17) is 45.0 Å². The van der Waals surface area contributed by atoms with E-state index < -0.39 is 41.1 Å². The van der Waals surface area contributed by atoms with Gasteiger partial charge in [0.15, 0.2) is 0 Å². The molecule has 0 aliphatic rings. The van der Waals surface area contributed by atoms with E-state index in [-0.39, 0.29) is 79.1 Å². The van der Waals surface area contributed by atoms with E-state index in [0.717, 1.165) is 0 Å². The molecule has 0 aromatic carbocycles. The van der Waals surface area contributed by atoms with Crippen molar-refractivity contribution in [2.45, 2.75) is 53.4 Å². The third kappa shape index (κ3) is 20.7. The molecule has 0 heterocycles. The minimum Gasteiger partial charge on any atom is -0.463 e. The first-order valence-electron chi connectivity index (χ1n) is 14.9. The monoisotopic (exact) mass is 641 g/mol. The molecule has 3 atom stereocenters. The molecule has 0 N–H and O–H groups in total. The molecule has 0 radical (unpaired) electrons. The molecule has 18 nitrogen and oxygen atoms in total. The molecule has 0 amide bonds. The topological polar surface area (TPSA) is 253 Å². The molecule has 3 unspecified atom stereocenters. The zero-order chi connectivity index (χ0) is 33.8. The molecule has 18 heteroatoms. The van der Waals surface area contributed by atoms with Gasteiger partial charge in [0.25, 0.3) is 0 Å². The van der Waals surface area contributed by atoms with Crippen LogP contribution in [0.25, 0.3) is 31.3 Å². The largest absolute Gasteiger partial charge is 0.463 e. The third-order valence-electron chi connectivity index (χ3n) is 6.77. The quantitative estimate of drug-likeness (QED) is 0.0275. The highest BCUT2D eigenvalue weighted by molar-refractivity contribution is 5.72. The number of esters is 3. The predicted octanol–water partition coefficient (Wildman–Crippen LogP) is 5.07. The average Bonchev–Trinajstić information content (AvgIpc) is 3.03. The van der Waals surface area contributed by atoms with Gasteiger partial charge in [-0.15, -0.1) is 0 Å². The minimum atomic E-state index is -0.605. The molecule has 0 rings (SSSR count). The Kier molecular flexibility index (Phi) is 24.4. The standard InChI is InChI=1S/C27H47N9O9/c1-5-27(18-40-12-15-43-24(37)21(2)6-9-31-34-28,19-41-13-16-44-25(38)22(3)7-10-32-35-29)20-42-14-17-45-26(39)23(4)8-11-33-36-30/h21-23H,5-20H2,1-4H3. The Morgan fingerprint density at radius 3 is 1.11 bits per heavy atom. The number of hydrogen-bond donors (Lipinski definition) is 0. The van der Waals surface area contributed by atoms with Gasteiger partial charge in [0.1, 0.15) is 19.8 Å². The summed E-state index contributed by atoms with van der Waals surface area (Å²) in [5.74, 6) is -2.50. The van der Waals surface area contributed by atoms with Crippen LogP contribution in [0.15, 0.2) is 15.3 Å². The number of azide groups is 3. The summed E-state index contributed by atoms with van der Waals surface area (Å²) >= 11 is 0. The average molecular weight is 642 g/mol. The van der Waals surface area contributed by atoms with Gasteiger partial charge in [-0.25, -0.2) is 0 Å². The lowest BCUT2D eigenvalue weighted by molar-refractivity contribution is -0.151. The fraction of sp³-hybridized carbons (Fsp3) is 0.889. The first-order valence-corrected chi connectivity index (χ1v) is 14.9. The smallest absolute Gasteiger partial charge is 0.308 e. The van der Waals surface area contributed by atoms with Crippen LogP contribution in [0.1, 0.15) is 53.4 Å². The first kappa shape index (κ1) is 41.2. The number of carbonyl (C=O) groups excluding carboxylic acids is 3. The third-order valence-corrected chi connectivity index (χ3v) is 6.77. The van der Waals surface area contributed by atoms with E-state index in [1.807, 2.05) is 6.92 Å². The van der Waals surface area contributed by atoms with Crippen molar-refractivity contribution in [3.8, 4) is 0 Å². The molecule has 0 aromatic heterocycles. The van der Waals surface area contributed by atoms with Crippen molar-refractivity contribution in [2.75, 3.05) is 79.1 Å². The summed E-state index contributed by atoms with van der Waals surface area (Å²) in [7, 11) is 0. The second kappa shape index (κ2) is 26.6. The molecule has 254 valence electrons. The van der Waals surface area contributed by atoms with Crippen LogP contribution in [-0.4, -0.2) is 97.0 Å².